The molecule has 7 heteroatoms. The first kappa shape index (κ1) is 15.0. The van der Waals surface area contributed by atoms with Crippen molar-refractivity contribution in [3.63, 3.8) is 0 Å². The van der Waals surface area contributed by atoms with Gasteiger partial charge in [-0.05, 0) is 25.1 Å². The molecule has 22 heavy (non-hydrogen) atoms. The Morgan fingerprint density at radius 2 is 2.32 bits per heavy atom. The summed E-state index contributed by atoms with van der Waals surface area (Å²) in [5.41, 5.74) is 0.306. The van der Waals surface area contributed by atoms with Crippen LogP contribution in [-0.2, 0) is 16.1 Å². The topological polar surface area (TPSA) is 64.4 Å². The number of rotatable bonds is 2. The van der Waals surface area contributed by atoms with Crippen molar-refractivity contribution in [3.8, 4) is 0 Å². The van der Waals surface area contributed by atoms with Crippen molar-refractivity contribution in [2.45, 2.75) is 19.6 Å². The van der Waals surface area contributed by atoms with E-state index < -0.39 is 0 Å². The Bertz CT molecular complexity index is 774. The average molecular weight is 322 g/mol. The fourth-order valence-corrected chi connectivity index (χ4v) is 2.71. The Morgan fingerprint density at radius 3 is 3.09 bits per heavy atom. The van der Waals surface area contributed by atoms with Gasteiger partial charge in [-0.15, -0.1) is 0 Å². The summed E-state index contributed by atoms with van der Waals surface area (Å²) in [6.45, 7) is 3.50. The third-order valence-corrected chi connectivity index (χ3v) is 3.92. The van der Waals surface area contributed by atoms with E-state index in [2.05, 4.69) is 4.98 Å². The molecule has 6 nitrogen and oxygen atoms in total. The van der Waals surface area contributed by atoms with Crippen molar-refractivity contribution in [3.05, 3.63) is 39.9 Å². The van der Waals surface area contributed by atoms with E-state index in [1.54, 1.807) is 23.1 Å². The maximum atomic E-state index is 12.4. The summed E-state index contributed by atoms with van der Waals surface area (Å²) in [6.07, 6.45) is 1.42. The number of amides is 1. The third-order valence-electron chi connectivity index (χ3n) is 3.69. The predicted molar refractivity (Wildman–Crippen MR) is 83.0 cm³/mol. The fourth-order valence-electron chi connectivity index (χ4n) is 2.53. The van der Waals surface area contributed by atoms with Gasteiger partial charge in [-0.3, -0.25) is 14.2 Å². The normalized spacial score (nSPS) is 18.6. The van der Waals surface area contributed by atoms with E-state index in [1.807, 2.05) is 6.92 Å². The number of carbonyl (C=O) groups is 1. The van der Waals surface area contributed by atoms with Crippen LogP contribution in [0.15, 0.2) is 29.3 Å². The Hall–Kier alpha value is -1.92. The van der Waals surface area contributed by atoms with Crippen molar-refractivity contribution in [2.75, 3.05) is 19.7 Å². The van der Waals surface area contributed by atoms with Crippen LogP contribution in [0.1, 0.15) is 6.92 Å². The molecule has 1 unspecified atom stereocenters. The van der Waals surface area contributed by atoms with Gasteiger partial charge < -0.3 is 9.64 Å². The molecule has 3 rings (SSSR count). The largest absolute Gasteiger partial charge is 0.375 e. The minimum absolute atomic E-state index is 0.0166. The van der Waals surface area contributed by atoms with Crippen LogP contribution in [0.25, 0.3) is 10.9 Å². The minimum atomic E-state index is -0.262. The number of hydrogen-bond donors (Lipinski definition) is 0. The SMILES string of the molecule is CC1CN(C(=O)Cn2cnc3ccc(Cl)cc3c2=O)CCO1. The Morgan fingerprint density at radius 1 is 1.50 bits per heavy atom. The highest BCUT2D eigenvalue weighted by atomic mass is 35.5. The van der Waals surface area contributed by atoms with Crippen LogP contribution in [0.3, 0.4) is 0 Å². The van der Waals surface area contributed by atoms with Crippen LogP contribution in [0.2, 0.25) is 5.02 Å². The Kier molecular flexibility index (Phi) is 4.13. The molecule has 0 radical (unpaired) electrons. The van der Waals surface area contributed by atoms with Crippen LogP contribution in [0.4, 0.5) is 0 Å². The van der Waals surface area contributed by atoms with E-state index in [1.165, 1.54) is 10.9 Å². The summed E-state index contributed by atoms with van der Waals surface area (Å²) in [5.74, 6) is -0.111. The zero-order valence-electron chi connectivity index (χ0n) is 12.2. The maximum Gasteiger partial charge on any atom is 0.261 e. The van der Waals surface area contributed by atoms with E-state index in [4.69, 9.17) is 16.3 Å². The Balaban J connectivity index is 1.86. The zero-order valence-corrected chi connectivity index (χ0v) is 12.9. The summed E-state index contributed by atoms with van der Waals surface area (Å²) < 4.78 is 6.73. The van der Waals surface area contributed by atoms with E-state index in [0.717, 1.165) is 0 Å². The lowest BCUT2D eigenvalue weighted by Gasteiger charge is -2.31. The van der Waals surface area contributed by atoms with Crippen LogP contribution in [0, 0.1) is 0 Å². The van der Waals surface area contributed by atoms with Gasteiger partial charge in [0.15, 0.2) is 0 Å². The maximum absolute atomic E-state index is 12.4. The lowest BCUT2D eigenvalue weighted by Crippen LogP contribution is -2.46. The molecule has 1 aliphatic heterocycles. The second-order valence-corrected chi connectivity index (χ2v) is 5.80. The number of hydrogen-bond acceptors (Lipinski definition) is 4. The highest BCUT2D eigenvalue weighted by Gasteiger charge is 2.22. The summed E-state index contributed by atoms with van der Waals surface area (Å²) in [7, 11) is 0. The molecule has 1 aliphatic rings. The molecule has 1 saturated heterocycles. The molecule has 0 saturated carbocycles. The first-order valence-corrected chi connectivity index (χ1v) is 7.46. The molecule has 1 aromatic heterocycles. The molecular formula is C15H16ClN3O3. The van der Waals surface area contributed by atoms with Gasteiger partial charge in [0.1, 0.15) is 6.54 Å². The van der Waals surface area contributed by atoms with Gasteiger partial charge in [0.05, 0.1) is 29.9 Å². The Labute approximate surface area is 132 Å². The molecular weight excluding hydrogens is 306 g/mol. The summed E-state index contributed by atoms with van der Waals surface area (Å²) in [6, 6.07) is 4.94. The molecule has 0 aliphatic carbocycles. The van der Waals surface area contributed by atoms with Crippen molar-refractivity contribution in [2.24, 2.45) is 0 Å². The highest BCUT2D eigenvalue weighted by molar-refractivity contribution is 6.31. The number of nitrogens with zero attached hydrogens (tertiary/aromatic N) is 3. The molecule has 2 aromatic rings. The smallest absolute Gasteiger partial charge is 0.261 e. The quantitative estimate of drug-likeness (QED) is 0.836. The number of aromatic nitrogens is 2. The first-order chi connectivity index (χ1) is 10.5. The zero-order chi connectivity index (χ0) is 15.7. The molecule has 0 bridgehead atoms. The standard InChI is InChI=1S/C15H16ClN3O3/c1-10-7-18(4-5-22-10)14(20)8-19-9-17-13-3-2-11(16)6-12(13)15(19)21/h2-3,6,9-10H,4-5,7-8H2,1H3. The van der Waals surface area contributed by atoms with Gasteiger partial charge in [-0.1, -0.05) is 11.6 Å². The van der Waals surface area contributed by atoms with Crippen molar-refractivity contribution >= 4 is 28.4 Å². The molecule has 2 heterocycles. The molecule has 1 aromatic carbocycles. The fraction of sp³-hybridized carbons (Fsp3) is 0.400. The van der Waals surface area contributed by atoms with Crippen LogP contribution in [-0.4, -0.2) is 46.2 Å². The van der Waals surface area contributed by atoms with Crippen molar-refractivity contribution < 1.29 is 9.53 Å². The summed E-state index contributed by atoms with van der Waals surface area (Å²) >= 11 is 5.92. The minimum Gasteiger partial charge on any atom is -0.375 e. The number of ether oxygens (including phenoxy) is 1. The second-order valence-electron chi connectivity index (χ2n) is 5.36. The van der Waals surface area contributed by atoms with Gasteiger partial charge in [-0.25, -0.2) is 4.98 Å². The van der Waals surface area contributed by atoms with E-state index >= 15 is 0 Å². The molecule has 1 amide bonds. The van der Waals surface area contributed by atoms with Gasteiger partial charge in [0, 0.05) is 18.1 Å². The molecule has 1 atom stereocenters. The van der Waals surface area contributed by atoms with Gasteiger partial charge >= 0.3 is 0 Å². The molecule has 0 N–H and O–H groups in total. The van der Waals surface area contributed by atoms with Crippen molar-refractivity contribution in [1.82, 2.24) is 14.5 Å². The highest BCUT2D eigenvalue weighted by Crippen LogP contribution is 2.14. The summed E-state index contributed by atoms with van der Waals surface area (Å²) in [4.78, 5) is 30.7. The van der Waals surface area contributed by atoms with Gasteiger partial charge in [0.25, 0.3) is 5.56 Å². The second kappa shape index (κ2) is 6.06. The number of benzene rings is 1. The van der Waals surface area contributed by atoms with Crippen LogP contribution >= 0.6 is 11.6 Å². The van der Waals surface area contributed by atoms with Crippen LogP contribution in [0.5, 0.6) is 0 Å². The lowest BCUT2D eigenvalue weighted by atomic mass is 10.2. The van der Waals surface area contributed by atoms with Crippen molar-refractivity contribution in [1.29, 1.82) is 0 Å². The van der Waals surface area contributed by atoms with E-state index in [9.17, 15) is 9.59 Å². The summed E-state index contributed by atoms with van der Waals surface area (Å²) in [5, 5.41) is 0.885. The first-order valence-electron chi connectivity index (χ1n) is 7.08. The molecule has 1 fully saturated rings. The van der Waals surface area contributed by atoms with E-state index in [0.29, 0.717) is 35.6 Å². The predicted octanol–water partition coefficient (Wildman–Crippen LogP) is 1.30. The van der Waals surface area contributed by atoms with Gasteiger partial charge in [-0.2, -0.15) is 0 Å². The monoisotopic (exact) mass is 321 g/mol. The van der Waals surface area contributed by atoms with E-state index in [-0.39, 0.29) is 24.1 Å². The number of morpholine rings is 1. The number of carbonyl (C=O) groups excluding carboxylic acids is 1. The lowest BCUT2D eigenvalue weighted by molar-refractivity contribution is -0.138. The van der Waals surface area contributed by atoms with Crippen LogP contribution < -0.4 is 5.56 Å². The number of fused-ring (bicyclic) bond motifs is 1. The molecule has 116 valence electrons. The number of halogens is 1. The third kappa shape index (κ3) is 2.98. The molecule has 0 spiro atoms. The van der Waals surface area contributed by atoms with Gasteiger partial charge in [0.2, 0.25) is 5.91 Å². The average Bonchev–Trinajstić information content (AvgIpc) is 2.50.